The van der Waals surface area contributed by atoms with E-state index in [1.54, 1.807) is 0 Å². The molecule has 18 heavy (non-hydrogen) atoms. The van der Waals surface area contributed by atoms with Gasteiger partial charge in [0.25, 0.3) is 0 Å². The first-order valence-electron chi connectivity index (χ1n) is 4.60. The summed E-state index contributed by atoms with van der Waals surface area (Å²) in [5.74, 6) is -5.76. The minimum absolute atomic E-state index is 0.151. The maximum Gasteiger partial charge on any atom is 0.354 e. The van der Waals surface area contributed by atoms with Crippen LogP contribution in [-0.4, -0.2) is 40.0 Å². The number of carboxylic acid groups (broad SMARTS) is 1. The van der Waals surface area contributed by atoms with Gasteiger partial charge in [0.2, 0.25) is 0 Å². The summed E-state index contributed by atoms with van der Waals surface area (Å²) in [6.45, 7) is -0.251. The monoisotopic (exact) mass is 268 g/mol. The topological polar surface area (TPSA) is 72.3 Å². The minimum Gasteiger partial charge on any atom is -0.477 e. The fourth-order valence-electron chi connectivity index (χ4n) is 0.939. The van der Waals surface area contributed by atoms with Gasteiger partial charge >= 0.3 is 24.3 Å². The van der Waals surface area contributed by atoms with Crippen molar-refractivity contribution in [2.75, 3.05) is 6.61 Å². The lowest BCUT2D eigenvalue weighted by Gasteiger charge is -2.15. The van der Waals surface area contributed by atoms with Crippen LogP contribution >= 0.6 is 0 Å². The van der Waals surface area contributed by atoms with Gasteiger partial charge in [-0.1, -0.05) is 0 Å². The molecule has 0 aromatic carbocycles. The molecular weight excluding hydrogens is 260 g/mol. The number of hydrogen-bond acceptors (Lipinski definition) is 4. The van der Waals surface area contributed by atoms with E-state index in [2.05, 4.69) is 14.7 Å². The van der Waals surface area contributed by atoms with Crippen molar-refractivity contribution in [1.82, 2.24) is 9.97 Å². The van der Waals surface area contributed by atoms with Gasteiger partial charge in [0.15, 0.2) is 12.3 Å². The molecule has 0 atom stereocenters. The zero-order valence-electron chi connectivity index (χ0n) is 9.03. The second kappa shape index (κ2) is 5.15. The predicted octanol–water partition coefficient (Wildman–Crippen LogP) is 1.76. The first-order valence-corrected chi connectivity index (χ1v) is 4.60. The van der Waals surface area contributed by atoms with Gasteiger partial charge in [-0.05, 0) is 13.0 Å². The molecular formula is C9H8F4N2O3. The number of ether oxygens (including phenoxy) is 1. The van der Waals surface area contributed by atoms with Crippen LogP contribution in [0.5, 0.6) is 6.01 Å². The molecule has 5 nitrogen and oxygen atoms in total. The Hall–Kier alpha value is -1.93. The zero-order valence-corrected chi connectivity index (χ0v) is 9.03. The Labute approximate surface area is 98.4 Å². The molecule has 1 N–H and O–H groups in total. The molecule has 0 saturated carbocycles. The molecule has 0 spiro atoms. The number of aromatic nitrogens is 2. The molecule has 0 bridgehead atoms. The lowest BCUT2D eigenvalue weighted by Crippen LogP contribution is -2.34. The minimum atomic E-state index is -4.35. The van der Waals surface area contributed by atoms with E-state index in [4.69, 9.17) is 5.11 Å². The summed E-state index contributed by atoms with van der Waals surface area (Å²) in [5.41, 5.74) is -0.323. The summed E-state index contributed by atoms with van der Waals surface area (Å²) in [6, 6.07) is 0.396. The van der Waals surface area contributed by atoms with Crippen LogP contribution in [0.15, 0.2) is 6.07 Å². The van der Waals surface area contributed by atoms with Gasteiger partial charge in [-0.15, -0.1) is 0 Å². The van der Waals surface area contributed by atoms with Crippen LogP contribution in [0, 0.1) is 6.92 Å². The molecule has 1 rings (SSSR count). The van der Waals surface area contributed by atoms with Gasteiger partial charge in [-0.2, -0.15) is 13.8 Å². The predicted molar refractivity (Wildman–Crippen MR) is 50.2 cm³/mol. The number of nitrogens with zero attached hydrogens (tertiary/aromatic N) is 2. The summed E-state index contributed by atoms with van der Waals surface area (Å²) < 4.78 is 53.1. The lowest BCUT2D eigenvalue weighted by molar-refractivity contribution is -0.149. The van der Waals surface area contributed by atoms with Crippen LogP contribution in [0.2, 0.25) is 0 Å². The Balaban J connectivity index is 2.83. The SMILES string of the molecule is Cc1cc(C(=O)O)nc(OCC(F)(F)C(F)F)n1. The van der Waals surface area contributed by atoms with Crippen LogP contribution in [0.4, 0.5) is 17.6 Å². The van der Waals surface area contributed by atoms with E-state index >= 15 is 0 Å². The molecule has 0 fully saturated rings. The Morgan fingerprint density at radius 1 is 1.50 bits per heavy atom. The molecule has 0 unspecified atom stereocenters. The Bertz CT molecular complexity index is 453. The molecule has 0 aliphatic heterocycles. The zero-order chi connectivity index (χ0) is 13.9. The highest BCUT2D eigenvalue weighted by atomic mass is 19.3. The summed E-state index contributed by atoms with van der Waals surface area (Å²) in [6.07, 6.45) is -3.89. The van der Waals surface area contributed by atoms with Crippen LogP contribution in [0.1, 0.15) is 16.2 Å². The van der Waals surface area contributed by atoms with E-state index in [9.17, 15) is 22.4 Å². The number of aryl methyl sites for hydroxylation is 1. The van der Waals surface area contributed by atoms with Crippen molar-refractivity contribution in [2.45, 2.75) is 19.3 Å². The maximum atomic E-state index is 12.5. The summed E-state index contributed by atoms with van der Waals surface area (Å²) >= 11 is 0. The lowest BCUT2D eigenvalue weighted by atomic mass is 10.3. The van der Waals surface area contributed by atoms with Gasteiger partial charge < -0.3 is 9.84 Å². The third-order valence-corrected chi connectivity index (χ3v) is 1.77. The molecule has 100 valence electrons. The second-order valence-corrected chi connectivity index (χ2v) is 3.33. The van der Waals surface area contributed by atoms with E-state index in [-0.39, 0.29) is 5.69 Å². The number of rotatable bonds is 5. The first kappa shape index (κ1) is 14.1. The van der Waals surface area contributed by atoms with Crippen molar-refractivity contribution in [2.24, 2.45) is 0 Å². The van der Waals surface area contributed by atoms with Crippen LogP contribution in [-0.2, 0) is 0 Å². The average molecular weight is 268 g/mol. The van der Waals surface area contributed by atoms with E-state index in [0.29, 0.717) is 0 Å². The smallest absolute Gasteiger partial charge is 0.354 e. The number of aromatic carboxylic acids is 1. The quantitative estimate of drug-likeness (QED) is 0.824. The maximum absolute atomic E-state index is 12.5. The Kier molecular flexibility index (Phi) is 4.04. The van der Waals surface area contributed by atoms with Crippen molar-refractivity contribution >= 4 is 5.97 Å². The molecule has 0 aliphatic carbocycles. The number of alkyl halides is 4. The second-order valence-electron chi connectivity index (χ2n) is 3.33. The van der Waals surface area contributed by atoms with Gasteiger partial charge in [0, 0.05) is 5.69 Å². The van der Waals surface area contributed by atoms with Crippen molar-refractivity contribution in [3.05, 3.63) is 17.5 Å². The normalized spacial score (nSPS) is 11.7. The summed E-state index contributed by atoms with van der Waals surface area (Å²) in [7, 11) is 0. The first-order chi connectivity index (χ1) is 8.22. The summed E-state index contributed by atoms with van der Waals surface area (Å²) in [5, 5.41) is 8.64. The number of carboxylic acids is 1. The van der Waals surface area contributed by atoms with Crippen LogP contribution in [0.3, 0.4) is 0 Å². The number of hydrogen-bond donors (Lipinski definition) is 1. The van der Waals surface area contributed by atoms with Gasteiger partial charge in [-0.25, -0.2) is 18.6 Å². The molecule has 0 saturated heterocycles. The molecule has 1 aromatic heterocycles. The van der Waals surface area contributed by atoms with Crippen LogP contribution < -0.4 is 4.74 Å². The molecule has 0 amide bonds. The van der Waals surface area contributed by atoms with E-state index in [1.165, 1.54) is 6.92 Å². The van der Waals surface area contributed by atoms with Gasteiger partial charge in [-0.3, -0.25) is 0 Å². The third-order valence-electron chi connectivity index (χ3n) is 1.77. The van der Waals surface area contributed by atoms with E-state index in [1.807, 2.05) is 0 Å². The molecule has 0 radical (unpaired) electrons. The van der Waals surface area contributed by atoms with Crippen molar-refractivity contribution in [3.63, 3.8) is 0 Å². The average Bonchev–Trinajstić information content (AvgIpc) is 2.25. The largest absolute Gasteiger partial charge is 0.477 e. The fourth-order valence-corrected chi connectivity index (χ4v) is 0.939. The highest BCUT2D eigenvalue weighted by Gasteiger charge is 2.42. The van der Waals surface area contributed by atoms with E-state index < -0.39 is 36.6 Å². The molecule has 1 aromatic rings. The highest BCUT2D eigenvalue weighted by Crippen LogP contribution is 2.23. The van der Waals surface area contributed by atoms with Crippen molar-refractivity contribution in [1.29, 1.82) is 0 Å². The third kappa shape index (κ3) is 3.54. The van der Waals surface area contributed by atoms with E-state index in [0.717, 1.165) is 6.07 Å². The van der Waals surface area contributed by atoms with Crippen molar-refractivity contribution < 1.29 is 32.2 Å². The van der Waals surface area contributed by atoms with Gasteiger partial charge in [0.05, 0.1) is 0 Å². The fraction of sp³-hybridized carbons (Fsp3) is 0.444. The number of halogens is 4. The Morgan fingerprint density at radius 2 is 2.11 bits per heavy atom. The number of carbonyl (C=O) groups is 1. The molecule has 9 heteroatoms. The molecule has 1 heterocycles. The molecule has 0 aliphatic rings. The summed E-state index contributed by atoms with van der Waals surface area (Å²) in [4.78, 5) is 17.4. The van der Waals surface area contributed by atoms with Gasteiger partial charge in [0.1, 0.15) is 0 Å². The van der Waals surface area contributed by atoms with Crippen molar-refractivity contribution in [3.8, 4) is 6.01 Å². The standard InChI is InChI=1S/C9H8F4N2O3/c1-4-2-5(6(16)17)15-8(14-4)18-3-9(12,13)7(10)11/h2,7H,3H2,1H3,(H,16,17). The Morgan fingerprint density at radius 3 is 2.61 bits per heavy atom. The van der Waals surface area contributed by atoms with Crippen LogP contribution in [0.25, 0.3) is 0 Å². The highest BCUT2D eigenvalue weighted by molar-refractivity contribution is 5.85.